The molecule has 1 aromatic heterocycles. The van der Waals surface area contributed by atoms with Crippen LogP contribution in [-0.4, -0.2) is 25.6 Å². The highest BCUT2D eigenvalue weighted by Crippen LogP contribution is 2.33. The predicted molar refractivity (Wildman–Crippen MR) is 90.3 cm³/mol. The van der Waals surface area contributed by atoms with Crippen LogP contribution in [-0.2, 0) is 9.53 Å². The Bertz CT molecular complexity index is 740. The molecule has 0 saturated heterocycles. The molecule has 0 aliphatic carbocycles. The first-order valence-electron chi connectivity index (χ1n) is 7.29. The summed E-state index contributed by atoms with van der Waals surface area (Å²) < 4.78 is 22.9. The first-order valence-corrected chi connectivity index (χ1v) is 8.10. The Labute approximate surface area is 143 Å². The summed E-state index contributed by atoms with van der Waals surface area (Å²) in [6.45, 7) is 3.83. The fourth-order valence-corrected chi connectivity index (χ4v) is 3.11. The Morgan fingerprint density at radius 2 is 1.88 bits per heavy atom. The minimum absolute atomic E-state index is 0.105. The van der Waals surface area contributed by atoms with Crippen molar-refractivity contribution in [2.24, 2.45) is 0 Å². The summed E-state index contributed by atoms with van der Waals surface area (Å²) >= 11 is 1.33. The number of esters is 1. The highest BCUT2D eigenvalue weighted by atomic mass is 32.1. The maximum Gasteiger partial charge on any atom is 0.341 e. The minimum Gasteiger partial charge on any atom is -0.493 e. The number of hydrogen-bond donors (Lipinski definition) is 1. The molecule has 5 nitrogen and oxygen atoms in total. The molecule has 24 heavy (non-hydrogen) atoms. The average molecular weight is 351 g/mol. The van der Waals surface area contributed by atoms with Crippen molar-refractivity contribution in [2.45, 2.75) is 20.3 Å². The number of ether oxygens (including phenoxy) is 2. The van der Waals surface area contributed by atoms with Crippen molar-refractivity contribution in [1.29, 1.82) is 0 Å². The number of thiophene rings is 1. The van der Waals surface area contributed by atoms with Crippen LogP contribution in [0.15, 0.2) is 24.3 Å². The number of anilines is 1. The lowest BCUT2D eigenvalue weighted by atomic mass is 10.1. The van der Waals surface area contributed by atoms with E-state index in [4.69, 9.17) is 9.47 Å². The van der Waals surface area contributed by atoms with Gasteiger partial charge in [-0.05, 0) is 43.7 Å². The quantitative estimate of drug-likeness (QED) is 0.806. The lowest BCUT2D eigenvalue weighted by molar-refractivity contribution is -0.116. The maximum absolute atomic E-state index is 12.8. The van der Waals surface area contributed by atoms with E-state index in [0.29, 0.717) is 16.3 Å². The number of carbonyl (C=O) groups is 2. The van der Waals surface area contributed by atoms with Gasteiger partial charge in [-0.15, -0.1) is 11.3 Å². The summed E-state index contributed by atoms with van der Waals surface area (Å²) in [5.74, 6) is -0.612. The summed E-state index contributed by atoms with van der Waals surface area (Å²) in [5, 5.41) is 3.20. The highest BCUT2D eigenvalue weighted by Gasteiger charge is 2.21. The first-order chi connectivity index (χ1) is 11.4. The van der Waals surface area contributed by atoms with Crippen molar-refractivity contribution in [3.63, 3.8) is 0 Å². The maximum atomic E-state index is 12.8. The monoisotopic (exact) mass is 351 g/mol. The Hall–Kier alpha value is -2.41. The Balaban J connectivity index is 1.94. The van der Waals surface area contributed by atoms with Gasteiger partial charge in [-0.1, -0.05) is 0 Å². The molecular weight excluding hydrogens is 333 g/mol. The molecule has 2 rings (SSSR count). The highest BCUT2D eigenvalue weighted by molar-refractivity contribution is 7.16. The van der Waals surface area contributed by atoms with Crippen molar-refractivity contribution in [3.05, 3.63) is 46.1 Å². The normalized spacial score (nSPS) is 10.3. The number of halogens is 1. The van der Waals surface area contributed by atoms with Gasteiger partial charge < -0.3 is 14.8 Å². The topological polar surface area (TPSA) is 64.6 Å². The zero-order valence-electron chi connectivity index (χ0n) is 13.6. The number of carbonyl (C=O) groups excluding carboxylic acids is 2. The summed E-state index contributed by atoms with van der Waals surface area (Å²) in [7, 11) is 1.30. The fraction of sp³-hybridized carbons (Fsp3) is 0.294. The number of amides is 1. The summed E-state index contributed by atoms with van der Waals surface area (Å²) in [5.41, 5.74) is 1.18. The van der Waals surface area contributed by atoms with E-state index in [0.717, 1.165) is 10.4 Å². The molecule has 2 aromatic rings. The van der Waals surface area contributed by atoms with Gasteiger partial charge >= 0.3 is 5.97 Å². The van der Waals surface area contributed by atoms with Gasteiger partial charge in [0, 0.05) is 4.88 Å². The molecule has 1 amide bonds. The van der Waals surface area contributed by atoms with Crippen molar-refractivity contribution < 1.29 is 23.5 Å². The van der Waals surface area contributed by atoms with Crippen LogP contribution in [0.2, 0.25) is 0 Å². The van der Waals surface area contributed by atoms with E-state index in [1.165, 1.54) is 42.7 Å². The van der Waals surface area contributed by atoms with Crippen LogP contribution in [0.25, 0.3) is 0 Å². The lowest BCUT2D eigenvalue weighted by Gasteiger charge is -2.08. The van der Waals surface area contributed by atoms with E-state index in [-0.39, 0.29) is 24.8 Å². The van der Waals surface area contributed by atoms with E-state index in [1.54, 1.807) is 0 Å². The van der Waals surface area contributed by atoms with Gasteiger partial charge in [0.25, 0.3) is 0 Å². The van der Waals surface area contributed by atoms with Crippen molar-refractivity contribution in [2.75, 3.05) is 19.0 Å². The van der Waals surface area contributed by atoms with Crippen LogP contribution in [0.3, 0.4) is 0 Å². The molecule has 1 aromatic carbocycles. The van der Waals surface area contributed by atoms with Crippen LogP contribution in [0.5, 0.6) is 5.75 Å². The second-order valence-electron chi connectivity index (χ2n) is 5.08. The molecule has 0 atom stereocenters. The third-order valence-corrected chi connectivity index (χ3v) is 4.56. The number of rotatable bonds is 6. The van der Waals surface area contributed by atoms with Gasteiger partial charge in [-0.25, -0.2) is 9.18 Å². The fourth-order valence-electron chi connectivity index (χ4n) is 2.04. The van der Waals surface area contributed by atoms with Crippen molar-refractivity contribution in [3.8, 4) is 5.75 Å². The molecule has 0 saturated carbocycles. The van der Waals surface area contributed by atoms with Gasteiger partial charge in [0.1, 0.15) is 16.6 Å². The lowest BCUT2D eigenvalue weighted by Crippen LogP contribution is -2.16. The summed E-state index contributed by atoms with van der Waals surface area (Å²) in [6.07, 6.45) is 0.105. The number of nitrogens with one attached hydrogen (secondary N) is 1. The Morgan fingerprint density at radius 3 is 2.50 bits per heavy atom. The van der Waals surface area contributed by atoms with Gasteiger partial charge in [-0.3, -0.25) is 4.79 Å². The first kappa shape index (κ1) is 17.9. The zero-order valence-corrected chi connectivity index (χ0v) is 14.5. The van der Waals surface area contributed by atoms with Gasteiger partial charge in [0.15, 0.2) is 0 Å². The number of hydrogen-bond acceptors (Lipinski definition) is 5. The van der Waals surface area contributed by atoms with E-state index < -0.39 is 5.97 Å². The van der Waals surface area contributed by atoms with Crippen LogP contribution < -0.4 is 10.1 Å². The molecule has 0 unspecified atom stereocenters. The van der Waals surface area contributed by atoms with Crippen LogP contribution >= 0.6 is 11.3 Å². The van der Waals surface area contributed by atoms with Crippen LogP contribution in [0.1, 0.15) is 27.2 Å². The largest absolute Gasteiger partial charge is 0.493 e. The summed E-state index contributed by atoms with van der Waals surface area (Å²) in [6, 6.07) is 5.56. The van der Waals surface area contributed by atoms with Gasteiger partial charge in [0.2, 0.25) is 5.91 Å². The van der Waals surface area contributed by atoms with Gasteiger partial charge in [-0.2, -0.15) is 0 Å². The molecule has 1 heterocycles. The standard InChI is InChI=1S/C17H18FNO4S/c1-10-11(2)24-16(15(10)17(21)22-3)19-14(20)8-9-23-13-6-4-12(18)5-7-13/h4-7H,8-9H2,1-3H3,(H,19,20). The minimum atomic E-state index is -0.477. The smallest absolute Gasteiger partial charge is 0.341 e. The van der Waals surface area contributed by atoms with Crippen molar-refractivity contribution in [1.82, 2.24) is 0 Å². The molecule has 0 bridgehead atoms. The average Bonchev–Trinajstić information content (AvgIpc) is 2.83. The Morgan fingerprint density at radius 1 is 1.21 bits per heavy atom. The van der Waals surface area contributed by atoms with Crippen LogP contribution in [0, 0.1) is 19.7 Å². The second-order valence-corrected chi connectivity index (χ2v) is 6.30. The molecule has 0 spiro atoms. The number of benzene rings is 1. The van der Waals surface area contributed by atoms with Crippen molar-refractivity contribution >= 4 is 28.2 Å². The molecular formula is C17H18FNO4S. The second kappa shape index (κ2) is 7.92. The third-order valence-electron chi connectivity index (χ3n) is 3.44. The number of methoxy groups -OCH3 is 1. The predicted octanol–water partition coefficient (Wildman–Crippen LogP) is 3.70. The molecule has 1 N–H and O–H groups in total. The zero-order chi connectivity index (χ0) is 17.7. The summed E-state index contributed by atoms with van der Waals surface area (Å²) in [4.78, 5) is 24.8. The molecule has 0 aliphatic rings. The Kier molecular flexibility index (Phi) is 5.92. The molecule has 7 heteroatoms. The molecule has 128 valence electrons. The van der Waals surface area contributed by atoms with Crippen LogP contribution in [0.4, 0.5) is 9.39 Å². The third kappa shape index (κ3) is 4.32. The van der Waals surface area contributed by atoms with E-state index in [1.807, 2.05) is 13.8 Å². The van der Waals surface area contributed by atoms with Gasteiger partial charge in [0.05, 0.1) is 25.7 Å². The van der Waals surface area contributed by atoms with E-state index >= 15 is 0 Å². The SMILES string of the molecule is COC(=O)c1c(NC(=O)CCOc2ccc(F)cc2)sc(C)c1C. The molecule has 0 radical (unpaired) electrons. The molecule has 0 fully saturated rings. The van der Waals surface area contributed by atoms with E-state index in [9.17, 15) is 14.0 Å². The van der Waals surface area contributed by atoms with E-state index in [2.05, 4.69) is 5.32 Å². The molecule has 0 aliphatic heterocycles. The number of aryl methyl sites for hydroxylation is 1.